The third-order valence-electron chi connectivity index (χ3n) is 1.97. The first-order chi connectivity index (χ1) is 5.65. The number of nitrogens with zero attached hydrogens (tertiary/aromatic N) is 2. The minimum atomic E-state index is 0.582. The summed E-state index contributed by atoms with van der Waals surface area (Å²) in [7, 11) is 1.94. The highest BCUT2D eigenvalue weighted by molar-refractivity contribution is 5.17. The number of aryl methyl sites for hydroxylation is 1. The van der Waals surface area contributed by atoms with Crippen LogP contribution in [0.1, 0.15) is 25.1 Å². The van der Waals surface area contributed by atoms with Gasteiger partial charge in [0, 0.05) is 13.6 Å². The topological polar surface area (TPSA) is 43.8 Å². The van der Waals surface area contributed by atoms with E-state index in [9.17, 15) is 0 Å². The fourth-order valence-corrected chi connectivity index (χ4v) is 1.38. The average molecular weight is 167 g/mol. The maximum atomic E-state index is 5.61. The molecule has 0 radical (unpaired) electrons. The predicted molar refractivity (Wildman–Crippen MR) is 49.6 cm³/mol. The van der Waals surface area contributed by atoms with E-state index >= 15 is 0 Å². The van der Waals surface area contributed by atoms with Crippen molar-refractivity contribution in [3.8, 4) is 0 Å². The molecule has 0 atom stereocenters. The lowest BCUT2D eigenvalue weighted by Crippen LogP contribution is -2.07. The van der Waals surface area contributed by atoms with Gasteiger partial charge in [0.25, 0.3) is 0 Å². The molecule has 0 fully saturated rings. The fourth-order valence-electron chi connectivity index (χ4n) is 1.38. The van der Waals surface area contributed by atoms with Gasteiger partial charge in [0.2, 0.25) is 0 Å². The van der Waals surface area contributed by atoms with Crippen molar-refractivity contribution >= 4 is 0 Å². The molecule has 1 aromatic rings. The van der Waals surface area contributed by atoms with E-state index in [0.29, 0.717) is 12.5 Å². The molecule has 0 unspecified atom stereocenters. The zero-order valence-corrected chi connectivity index (χ0v) is 8.04. The Morgan fingerprint density at radius 3 is 2.75 bits per heavy atom. The second kappa shape index (κ2) is 3.72. The highest BCUT2D eigenvalue weighted by atomic mass is 15.3. The molecule has 0 aliphatic heterocycles. The van der Waals surface area contributed by atoms with Gasteiger partial charge in [-0.05, 0) is 17.9 Å². The Bertz CT molecular complexity index is 250. The van der Waals surface area contributed by atoms with E-state index in [1.807, 2.05) is 17.9 Å². The summed E-state index contributed by atoms with van der Waals surface area (Å²) in [5.74, 6) is 0.666. The smallest absolute Gasteiger partial charge is 0.0548 e. The van der Waals surface area contributed by atoms with Crippen LogP contribution in [0.15, 0.2) is 6.20 Å². The SMILES string of the molecule is CC(C)Cc1cnn(C)c1CN. The van der Waals surface area contributed by atoms with Crippen molar-refractivity contribution in [1.29, 1.82) is 0 Å². The molecule has 0 aliphatic carbocycles. The van der Waals surface area contributed by atoms with Crippen LogP contribution in [0.4, 0.5) is 0 Å². The van der Waals surface area contributed by atoms with Gasteiger partial charge in [-0.15, -0.1) is 0 Å². The first-order valence-corrected chi connectivity index (χ1v) is 4.35. The van der Waals surface area contributed by atoms with Gasteiger partial charge in [-0.25, -0.2) is 0 Å². The van der Waals surface area contributed by atoms with E-state index in [4.69, 9.17) is 5.73 Å². The van der Waals surface area contributed by atoms with Crippen molar-refractivity contribution in [2.24, 2.45) is 18.7 Å². The Morgan fingerprint density at radius 2 is 2.25 bits per heavy atom. The molecule has 0 aliphatic rings. The van der Waals surface area contributed by atoms with Crippen LogP contribution in [0.2, 0.25) is 0 Å². The van der Waals surface area contributed by atoms with Crippen molar-refractivity contribution in [2.45, 2.75) is 26.8 Å². The molecular formula is C9H17N3. The van der Waals surface area contributed by atoms with Crippen LogP contribution in [0.3, 0.4) is 0 Å². The second-order valence-corrected chi connectivity index (χ2v) is 3.54. The van der Waals surface area contributed by atoms with Crippen LogP contribution < -0.4 is 5.73 Å². The Morgan fingerprint density at radius 1 is 1.58 bits per heavy atom. The summed E-state index contributed by atoms with van der Waals surface area (Å²) >= 11 is 0. The van der Waals surface area contributed by atoms with Crippen molar-refractivity contribution < 1.29 is 0 Å². The standard InChI is InChI=1S/C9H17N3/c1-7(2)4-8-6-11-12(3)9(8)5-10/h6-7H,4-5,10H2,1-3H3. The van der Waals surface area contributed by atoms with Gasteiger partial charge in [0.05, 0.1) is 11.9 Å². The number of aromatic nitrogens is 2. The lowest BCUT2D eigenvalue weighted by Gasteiger charge is -2.05. The molecule has 0 saturated heterocycles. The largest absolute Gasteiger partial charge is 0.325 e. The number of nitrogens with two attached hydrogens (primary N) is 1. The molecule has 0 saturated carbocycles. The van der Waals surface area contributed by atoms with Gasteiger partial charge in [0.15, 0.2) is 0 Å². The molecule has 0 bridgehead atoms. The summed E-state index contributed by atoms with van der Waals surface area (Å²) in [6.45, 7) is 4.99. The molecule has 1 rings (SSSR count). The summed E-state index contributed by atoms with van der Waals surface area (Å²) < 4.78 is 1.86. The minimum absolute atomic E-state index is 0.582. The monoisotopic (exact) mass is 167 g/mol. The highest BCUT2D eigenvalue weighted by Gasteiger charge is 2.07. The first kappa shape index (κ1) is 9.26. The van der Waals surface area contributed by atoms with E-state index in [1.165, 1.54) is 5.56 Å². The second-order valence-electron chi connectivity index (χ2n) is 3.54. The van der Waals surface area contributed by atoms with Gasteiger partial charge in [-0.3, -0.25) is 4.68 Å². The zero-order valence-electron chi connectivity index (χ0n) is 8.04. The maximum Gasteiger partial charge on any atom is 0.0548 e. The molecule has 1 heterocycles. The van der Waals surface area contributed by atoms with E-state index < -0.39 is 0 Å². The fraction of sp³-hybridized carbons (Fsp3) is 0.667. The maximum absolute atomic E-state index is 5.61. The van der Waals surface area contributed by atoms with E-state index in [-0.39, 0.29) is 0 Å². The summed E-state index contributed by atoms with van der Waals surface area (Å²) in [6.07, 6.45) is 2.99. The Labute approximate surface area is 73.6 Å². The molecule has 0 aromatic carbocycles. The third-order valence-corrected chi connectivity index (χ3v) is 1.97. The van der Waals surface area contributed by atoms with Crippen LogP contribution in [0, 0.1) is 5.92 Å². The van der Waals surface area contributed by atoms with Crippen molar-refractivity contribution in [2.75, 3.05) is 0 Å². The Kier molecular flexibility index (Phi) is 2.87. The molecule has 12 heavy (non-hydrogen) atoms. The molecule has 0 amide bonds. The zero-order chi connectivity index (χ0) is 9.14. The summed E-state index contributed by atoms with van der Waals surface area (Å²) in [4.78, 5) is 0. The normalized spacial score (nSPS) is 11.1. The van der Waals surface area contributed by atoms with Gasteiger partial charge in [-0.1, -0.05) is 13.8 Å². The summed E-state index contributed by atoms with van der Waals surface area (Å²) in [5, 5.41) is 4.18. The van der Waals surface area contributed by atoms with Crippen LogP contribution in [-0.4, -0.2) is 9.78 Å². The summed E-state index contributed by atoms with van der Waals surface area (Å²) in [6, 6.07) is 0. The van der Waals surface area contributed by atoms with Crippen molar-refractivity contribution in [1.82, 2.24) is 9.78 Å². The van der Waals surface area contributed by atoms with Crippen LogP contribution in [0.25, 0.3) is 0 Å². The van der Waals surface area contributed by atoms with Gasteiger partial charge in [-0.2, -0.15) is 5.10 Å². The van der Waals surface area contributed by atoms with Gasteiger partial charge < -0.3 is 5.73 Å². The molecule has 3 nitrogen and oxygen atoms in total. The molecule has 2 N–H and O–H groups in total. The Balaban J connectivity index is 2.84. The number of hydrogen-bond acceptors (Lipinski definition) is 2. The van der Waals surface area contributed by atoms with Gasteiger partial charge in [0.1, 0.15) is 0 Å². The number of hydrogen-bond donors (Lipinski definition) is 1. The number of rotatable bonds is 3. The Hall–Kier alpha value is -0.830. The van der Waals surface area contributed by atoms with Crippen molar-refractivity contribution in [3.63, 3.8) is 0 Å². The summed E-state index contributed by atoms with van der Waals surface area (Å²) in [5.41, 5.74) is 8.05. The lowest BCUT2D eigenvalue weighted by atomic mass is 10.0. The highest BCUT2D eigenvalue weighted by Crippen LogP contribution is 2.11. The predicted octanol–water partition coefficient (Wildman–Crippen LogP) is 1.08. The average Bonchev–Trinajstić information content (AvgIpc) is 2.30. The first-order valence-electron chi connectivity index (χ1n) is 4.35. The van der Waals surface area contributed by atoms with Crippen LogP contribution in [0.5, 0.6) is 0 Å². The molecule has 68 valence electrons. The molecule has 1 aromatic heterocycles. The van der Waals surface area contributed by atoms with Gasteiger partial charge >= 0.3 is 0 Å². The van der Waals surface area contributed by atoms with E-state index in [2.05, 4.69) is 18.9 Å². The van der Waals surface area contributed by atoms with E-state index in [0.717, 1.165) is 12.1 Å². The lowest BCUT2D eigenvalue weighted by molar-refractivity contribution is 0.636. The van der Waals surface area contributed by atoms with Crippen molar-refractivity contribution in [3.05, 3.63) is 17.5 Å². The quantitative estimate of drug-likeness (QED) is 0.732. The van der Waals surface area contributed by atoms with Crippen LogP contribution in [-0.2, 0) is 20.0 Å². The molecule has 0 spiro atoms. The minimum Gasteiger partial charge on any atom is -0.325 e. The molecule has 3 heteroatoms. The third kappa shape index (κ3) is 1.85. The molecular weight excluding hydrogens is 150 g/mol. The van der Waals surface area contributed by atoms with E-state index in [1.54, 1.807) is 0 Å². The van der Waals surface area contributed by atoms with Crippen LogP contribution >= 0.6 is 0 Å².